The molecule has 0 unspecified atom stereocenters. The van der Waals surface area contributed by atoms with Crippen molar-refractivity contribution in [2.45, 2.75) is 6.54 Å². The van der Waals surface area contributed by atoms with Gasteiger partial charge in [-0.15, -0.1) is 0 Å². The first kappa shape index (κ1) is 11.3. The zero-order chi connectivity index (χ0) is 12.3. The zero-order valence-electron chi connectivity index (χ0n) is 8.46. The quantitative estimate of drug-likeness (QED) is 0.511. The first-order chi connectivity index (χ1) is 8.15. The third-order valence-corrected chi connectivity index (χ3v) is 2.12. The van der Waals surface area contributed by atoms with Gasteiger partial charge >= 0.3 is 0 Å². The maximum Gasteiger partial charge on any atom is 0.276 e. The van der Waals surface area contributed by atoms with Crippen LogP contribution in [0.5, 0.6) is 0 Å². The van der Waals surface area contributed by atoms with Crippen LogP contribution in [0.2, 0.25) is 5.15 Å². The van der Waals surface area contributed by atoms with Gasteiger partial charge in [-0.2, -0.15) is 0 Å². The molecule has 0 fully saturated rings. The lowest BCUT2D eigenvalue weighted by atomic mass is 10.4. The molecule has 0 aliphatic heterocycles. The van der Waals surface area contributed by atoms with Gasteiger partial charge in [0.2, 0.25) is 0 Å². The van der Waals surface area contributed by atoms with E-state index in [0.29, 0.717) is 18.1 Å². The summed E-state index contributed by atoms with van der Waals surface area (Å²) in [6.07, 6.45) is 1.50. The number of hydrogen-bond acceptors (Lipinski definition) is 6. The molecule has 0 aliphatic carbocycles. The number of nitro groups is 1. The third-order valence-electron chi connectivity index (χ3n) is 1.92. The number of halogens is 1. The maximum atomic E-state index is 10.6. The molecular formula is C9H7ClN4O3. The van der Waals surface area contributed by atoms with Crippen LogP contribution in [0.3, 0.4) is 0 Å². The summed E-state index contributed by atoms with van der Waals surface area (Å²) in [5, 5.41) is 17.0. The van der Waals surface area contributed by atoms with Crippen molar-refractivity contribution in [2.24, 2.45) is 0 Å². The van der Waals surface area contributed by atoms with Gasteiger partial charge < -0.3 is 9.84 Å². The normalized spacial score (nSPS) is 10.2. The van der Waals surface area contributed by atoms with E-state index in [4.69, 9.17) is 16.1 Å². The Kier molecular flexibility index (Phi) is 3.20. The Morgan fingerprint density at radius 1 is 1.53 bits per heavy atom. The number of pyridine rings is 1. The summed E-state index contributed by atoms with van der Waals surface area (Å²) in [4.78, 5) is 14.0. The summed E-state index contributed by atoms with van der Waals surface area (Å²) in [5.41, 5.74) is -0.120. The van der Waals surface area contributed by atoms with Crippen LogP contribution in [0.25, 0.3) is 0 Å². The van der Waals surface area contributed by atoms with Crippen molar-refractivity contribution in [3.05, 3.63) is 45.4 Å². The number of aromatic nitrogens is 2. The zero-order valence-corrected chi connectivity index (χ0v) is 9.22. The predicted octanol–water partition coefficient (Wildman–Crippen LogP) is 2.24. The van der Waals surface area contributed by atoms with Gasteiger partial charge in [-0.05, 0) is 0 Å². The van der Waals surface area contributed by atoms with Crippen LogP contribution in [0.15, 0.2) is 28.9 Å². The monoisotopic (exact) mass is 254 g/mol. The molecule has 2 aromatic rings. The van der Waals surface area contributed by atoms with Gasteiger partial charge in [0.05, 0.1) is 29.8 Å². The summed E-state index contributed by atoms with van der Waals surface area (Å²) < 4.78 is 4.86. The highest BCUT2D eigenvalue weighted by Gasteiger charge is 2.10. The second kappa shape index (κ2) is 4.79. The minimum atomic E-state index is -0.535. The Morgan fingerprint density at radius 3 is 3.00 bits per heavy atom. The van der Waals surface area contributed by atoms with Gasteiger partial charge in [0.1, 0.15) is 11.0 Å². The third kappa shape index (κ3) is 2.91. The second-order valence-corrected chi connectivity index (χ2v) is 3.51. The highest BCUT2D eigenvalue weighted by molar-refractivity contribution is 6.29. The van der Waals surface area contributed by atoms with E-state index in [1.807, 2.05) is 0 Å². The summed E-state index contributed by atoms with van der Waals surface area (Å²) >= 11 is 5.66. The van der Waals surface area contributed by atoms with E-state index in [-0.39, 0.29) is 10.8 Å². The van der Waals surface area contributed by atoms with Crippen LogP contribution >= 0.6 is 11.6 Å². The van der Waals surface area contributed by atoms with Crippen molar-refractivity contribution < 1.29 is 9.45 Å². The Morgan fingerprint density at radius 2 is 2.35 bits per heavy atom. The number of anilines is 1. The van der Waals surface area contributed by atoms with Crippen LogP contribution in [-0.4, -0.2) is 15.1 Å². The summed E-state index contributed by atoms with van der Waals surface area (Å²) in [6, 6.07) is 4.15. The Bertz CT molecular complexity index is 529. The molecule has 8 heteroatoms. The minimum Gasteiger partial charge on any atom is -0.362 e. The fourth-order valence-electron chi connectivity index (χ4n) is 1.19. The van der Waals surface area contributed by atoms with Crippen LogP contribution in [0.1, 0.15) is 5.76 Å². The summed E-state index contributed by atoms with van der Waals surface area (Å²) in [5.74, 6) is 0.898. The van der Waals surface area contributed by atoms with Gasteiger partial charge in [-0.3, -0.25) is 10.1 Å². The molecule has 0 aliphatic rings. The highest BCUT2D eigenvalue weighted by atomic mass is 35.5. The number of rotatable bonds is 4. The van der Waals surface area contributed by atoms with Crippen LogP contribution < -0.4 is 5.32 Å². The average Bonchev–Trinajstić information content (AvgIpc) is 2.78. The molecule has 0 amide bonds. The molecule has 0 radical (unpaired) electrons. The summed E-state index contributed by atoms with van der Waals surface area (Å²) in [6.45, 7) is 0.324. The fraction of sp³-hybridized carbons (Fsp3) is 0.111. The van der Waals surface area contributed by atoms with Gasteiger partial charge in [-0.25, -0.2) is 4.98 Å². The van der Waals surface area contributed by atoms with Crippen molar-refractivity contribution in [1.29, 1.82) is 0 Å². The van der Waals surface area contributed by atoms with Crippen molar-refractivity contribution in [3.8, 4) is 0 Å². The average molecular weight is 255 g/mol. The van der Waals surface area contributed by atoms with E-state index in [0.717, 1.165) is 0 Å². The van der Waals surface area contributed by atoms with Crippen LogP contribution in [-0.2, 0) is 6.54 Å². The fourth-order valence-corrected chi connectivity index (χ4v) is 1.39. The molecule has 1 N–H and O–H groups in total. The smallest absolute Gasteiger partial charge is 0.276 e. The van der Waals surface area contributed by atoms with Crippen molar-refractivity contribution in [2.75, 3.05) is 5.32 Å². The summed E-state index contributed by atoms with van der Waals surface area (Å²) in [7, 11) is 0. The van der Waals surface area contributed by atoms with E-state index in [2.05, 4.69) is 15.5 Å². The van der Waals surface area contributed by atoms with E-state index in [1.54, 1.807) is 6.07 Å². The maximum absolute atomic E-state index is 10.6. The topological polar surface area (TPSA) is 94.1 Å². The standard InChI is InChI=1S/C9H7ClN4O3/c10-8-3-6(14(15)16)4-9(13-8)11-5-7-1-2-12-17-7/h1-4H,5H2,(H,11,13). The first-order valence-electron chi connectivity index (χ1n) is 4.60. The van der Waals surface area contributed by atoms with E-state index >= 15 is 0 Å². The van der Waals surface area contributed by atoms with Crippen molar-refractivity contribution in [3.63, 3.8) is 0 Å². The van der Waals surface area contributed by atoms with Crippen molar-refractivity contribution >= 4 is 23.1 Å². The molecule has 88 valence electrons. The predicted molar refractivity (Wildman–Crippen MR) is 59.7 cm³/mol. The molecule has 7 nitrogen and oxygen atoms in total. The number of nitrogens with one attached hydrogen (secondary N) is 1. The van der Waals surface area contributed by atoms with E-state index < -0.39 is 4.92 Å². The highest BCUT2D eigenvalue weighted by Crippen LogP contribution is 2.20. The van der Waals surface area contributed by atoms with Gasteiger partial charge in [0, 0.05) is 6.07 Å². The lowest BCUT2D eigenvalue weighted by molar-refractivity contribution is -0.384. The van der Waals surface area contributed by atoms with Crippen LogP contribution in [0, 0.1) is 10.1 Å². The second-order valence-electron chi connectivity index (χ2n) is 3.12. The molecule has 2 rings (SSSR count). The molecule has 0 spiro atoms. The Hall–Kier alpha value is -2.15. The minimum absolute atomic E-state index is 0.0549. The molecule has 0 aromatic carbocycles. The van der Waals surface area contributed by atoms with Gasteiger partial charge in [-0.1, -0.05) is 16.8 Å². The van der Waals surface area contributed by atoms with Gasteiger partial charge in [0.15, 0.2) is 5.76 Å². The van der Waals surface area contributed by atoms with Gasteiger partial charge in [0.25, 0.3) is 5.69 Å². The molecular weight excluding hydrogens is 248 g/mol. The molecule has 0 saturated carbocycles. The van der Waals surface area contributed by atoms with E-state index in [1.165, 1.54) is 18.3 Å². The molecule has 2 aromatic heterocycles. The molecule has 2 heterocycles. The lowest BCUT2D eigenvalue weighted by Gasteiger charge is -2.03. The van der Waals surface area contributed by atoms with Crippen LogP contribution in [0.4, 0.5) is 11.5 Å². The molecule has 0 bridgehead atoms. The Balaban J connectivity index is 2.13. The Labute approximate surface area is 101 Å². The molecule has 17 heavy (non-hydrogen) atoms. The van der Waals surface area contributed by atoms with E-state index in [9.17, 15) is 10.1 Å². The molecule has 0 atom stereocenters. The molecule has 0 saturated heterocycles. The first-order valence-corrected chi connectivity index (χ1v) is 4.98. The SMILES string of the molecule is O=[N+]([O-])c1cc(Cl)nc(NCc2ccno2)c1. The lowest BCUT2D eigenvalue weighted by Crippen LogP contribution is -2.01. The number of hydrogen-bond donors (Lipinski definition) is 1. The largest absolute Gasteiger partial charge is 0.362 e. The van der Waals surface area contributed by atoms with Crippen molar-refractivity contribution in [1.82, 2.24) is 10.1 Å². The number of nitrogens with zero attached hydrogens (tertiary/aromatic N) is 3.